The number of anilines is 2. The van der Waals surface area contributed by atoms with Gasteiger partial charge in [0.15, 0.2) is 0 Å². The van der Waals surface area contributed by atoms with Crippen LogP contribution in [-0.4, -0.2) is 23.1 Å². The van der Waals surface area contributed by atoms with Crippen LogP contribution in [0.15, 0.2) is 41.3 Å². The number of sulfonamides is 2. The van der Waals surface area contributed by atoms with E-state index in [9.17, 15) is 16.8 Å². The molecule has 0 aromatic heterocycles. The van der Waals surface area contributed by atoms with Crippen LogP contribution in [0.1, 0.15) is 11.1 Å². The van der Waals surface area contributed by atoms with Crippen LogP contribution in [0, 0.1) is 13.8 Å². The van der Waals surface area contributed by atoms with Crippen molar-refractivity contribution in [1.82, 2.24) is 0 Å². The zero-order valence-corrected chi connectivity index (χ0v) is 15.7. The van der Waals surface area contributed by atoms with Crippen molar-refractivity contribution >= 4 is 43.0 Å². The minimum Gasteiger partial charge on any atom is -0.282 e. The molecule has 0 aliphatic rings. The van der Waals surface area contributed by atoms with Gasteiger partial charge in [-0.25, -0.2) is 16.8 Å². The van der Waals surface area contributed by atoms with Crippen molar-refractivity contribution in [2.24, 2.45) is 0 Å². The minimum atomic E-state index is -3.76. The third-order valence-electron chi connectivity index (χ3n) is 3.31. The smallest absolute Gasteiger partial charge is 0.261 e. The molecule has 0 atom stereocenters. The van der Waals surface area contributed by atoms with Crippen molar-refractivity contribution in [2.75, 3.05) is 15.7 Å². The average molecular weight is 389 g/mol. The highest BCUT2D eigenvalue weighted by molar-refractivity contribution is 7.92. The number of hydrogen-bond donors (Lipinski definition) is 2. The zero-order chi connectivity index (χ0) is 18.1. The quantitative estimate of drug-likeness (QED) is 0.822. The Morgan fingerprint density at radius 3 is 2.08 bits per heavy atom. The van der Waals surface area contributed by atoms with Crippen LogP contribution in [-0.2, 0) is 20.0 Å². The maximum atomic E-state index is 12.4. The SMILES string of the molecule is Cc1ccc(S(=O)(=O)Nc2ccc(NS(C)(=O)=O)c(Cl)c2)cc1C. The molecule has 0 aliphatic carbocycles. The molecule has 0 spiro atoms. The van der Waals surface area contributed by atoms with Crippen molar-refractivity contribution in [2.45, 2.75) is 18.7 Å². The first-order valence-electron chi connectivity index (χ1n) is 6.85. The second-order valence-corrected chi connectivity index (χ2v) is 9.26. The number of nitrogens with one attached hydrogen (secondary N) is 2. The summed E-state index contributed by atoms with van der Waals surface area (Å²) < 4.78 is 52.0. The van der Waals surface area contributed by atoms with Crippen LogP contribution in [0.2, 0.25) is 5.02 Å². The summed E-state index contributed by atoms with van der Waals surface area (Å²) in [5.74, 6) is 0. The lowest BCUT2D eigenvalue weighted by Gasteiger charge is -2.12. The van der Waals surface area contributed by atoms with Gasteiger partial charge in [-0.15, -0.1) is 0 Å². The van der Waals surface area contributed by atoms with Crippen LogP contribution in [0.4, 0.5) is 11.4 Å². The second kappa shape index (κ2) is 6.62. The summed E-state index contributed by atoms with van der Waals surface area (Å²) in [6.07, 6.45) is 1.000. The molecule has 6 nitrogen and oxygen atoms in total. The van der Waals surface area contributed by atoms with Gasteiger partial charge in [-0.3, -0.25) is 9.44 Å². The molecule has 0 bridgehead atoms. The molecule has 0 saturated carbocycles. The molecule has 2 N–H and O–H groups in total. The Morgan fingerprint density at radius 1 is 0.875 bits per heavy atom. The highest BCUT2D eigenvalue weighted by atomic mass is 35.5. The fraction of sp³-hybridized carbons (Fsp3) is 0.200. The summed E-state index contributed by atoms with van der Waals surface area (Å²) in [4.78, 5) is 0.139. The lowest BCUT2D eigenvalue weighted by molar-refractivity contribution is 0.600. The molecule has 130 valence electrons. The predicted octanol–water partition coefficient (Wildman–Crippen LogP) is 3.13. The minimum absolute atomic E-state index is 0.0840. The average Bonchev–Trinajstić information content (AvgIpc) is 2.43. The van der Waals surface area contributed by atoms with Gasteiger partial charge < -0.3 is 0 Å². The Kier molecular flexibility index (Phi) is 5.12. The molecule has 0 amide bonds. The molecular formula is C15H17ClN2O4S2. The van der Waals surface area contributed by atoms with E-state index in [2.05, 4.69) is 9.44 Å². The third kappa shape index (κ3) is 4.62. The van der Waals surface area contributed by atoms with Gasteiger partial charge in [0.25, 0.3) is 10.0 Å². The van der Waals surface area contributed by atoms with Crippen molar-refractivity contribution < 1.29 is 16.8 Å². The van der Waals surface area contributed by atoms with Crippen LogP contribution in [0.3, 0.4) is 0 Å². The first kappa shape index (κ1) is 18.6. The van der Waals surface area contributed by atoms with Crippen molar-refractivity contribution in [3.05, 3.63) is 52.5 Å². The monoisotopic (exact) mass is 388 g/mol. The first-order valence-corrected chi connectivity index (χ1v) is 10.6. The number of rotatable bonds is 5. The van der Waals surface area contributed by atoms with Gasteiger partial charge in [0.05, 0.1) is 27.5 Å². The molecule has 0 unspecified atom stereocenters. The van der Waals surface area contributed by atoms with Crippen molar-refractivity contribution in [3.63, 3.8) is 0 Å². The number of hydrogen-bond acceptors (Lipinski definition) is 4. The summed E-state index contributed by atoms with van der Waals surface area (Å²) >= 11 is 5.99. The Morgan fingerprint density at radius 2 is 1.54 bits per heavy atom. The Labute approximate surface area is 147 Å². The fourth-order valence-corrected chi connectivity index (χ4v) is 3.95. The molecule has 0 saturated heterocycles. The summed E-state index contributed by atoms with van der Waals surface area (Å²) in [6, 6.07) is 8.99. The van der Waals surface area contributed by atoms with E-state index in [0.717, 1.165) is 17.4 Å². The van der Waals surface area contributed by atoms with E-state index in [-0.39, 0.29) is 21.3 Å². The standard InChI is InChI=1S/C15H17ClN2O4S2/c1-10-4-6-13(8-11(10)2)24(21,22)17-12-5-7-15(14(16)9-12)18-23(3,19)20/h4-9,17-18H,1-3H3. The van der Waals surface area contributed by atoms with Crippen LogP contribution >= 0.6 is 11.6 Å². The van der Waals surface area contributed by atoms with Crippen LogP contribution in [0.5, 0.6) is 0 Å². The number of halogens is 1. The largest absolute Gasteiger partial charge is 0.282 e. The van der Waals surface area contributed by atoms with E-state index in [1.165, 1.54) is 24.3 Å². The normalized spacial score (nSPS) is 12.0. The lowest BCUT2D eigenvalue weighted by Crippen LogP contribution is -2.14. The molecule has 24 heavy (non-hydrogen) atoms. The Hall–Kier alpha value is -1.77. The molecule has 0 aliphatic heterocycles. The lowest BCUT2D eigenvalue weighted by atomic mass is 10.1. The summed E-state index contributed by atoms with van der Waals surface area (Å²) in [6.45, 7) is 3.73. The number of aryl methyl sites for hydroxylation is 2. The van der Waals surface area contributed by atoms with Crippen molar-refractivity contribution in [1.29, 1.82) is 0 Å². The fourth-order valence-electron chi connectivity index (χ4n) is 1.96. The van der Waals surface area contributed by atoms with E-state index in [4.69, 9.17) is 11.6 Å². The zero-order valence-electron chi connectivity index (χ0n) is 13.3. The van der Waals surface area contributed by atoms with E-state index >= 15 is 0 Å². The maximum Gasteiger partial charge on any atom is 0.261 e. The summed E-state index contributed by atoms with van der Waals surface area (Å²) in [7, 11) is -7.24. The second-order valence-electron chi connectivity index (χ2n) is 5.42. The molecule has 0 radical (unpaired) electrons. The van der Waals surface area contributed by atoms with E-state index in [1.807, 2.05) is 13.8 Å². The van der Waals surface area contributed by atoms with Gasteiger partial charge in [0.2, 0.25) is 10.0 Å². The molecule has 9 heteroatoms. The molecule has 2 aromatic carbocycles. The topological polar surface area (TPSA) is 92.3 Å². The van der Waals surface area contributed by atoms with E-state index in [1.54, 1.807) is 12.1 Å². The summed E-state index contributed by atoms with van der Waals surface area (Å²) in [5.41, 5.74) is 2.27. The van der Waals surface area contributed by atoms with Crippen LogP contribution < -0.4 is 9.44 Å². The van der Waals surface area contributed by atoms with Crippen LogP contribution in [0.25, 0.3) is 0 Å². The van der Waals surface area contributed by atoms with E-state index < -0.39 is 20.0 Å². The molecule has 0 fully saturated rings. The van der Waals surface area contributed by atoms with Gasteiger partial charge in [-0.05, 0) is 55.3 Å². The molecule has 2 rings (SSSR count). The maximum absolute atomic E-state index is 12.4. The Balaban J connectivity index is 2.30. The van der Waals surface area contributed by atoms with Crippen molar-refractivity contribution in [3.8, 4) is 0 Å². The van der Waals surface area contributed by atoms with Gasteiger partial charge in [0, 0.05) is 0 Å². The number of benzene rings is 2. The molecule has 2 aromatic rings. The van der Waals surface area contributed by atoms with E-state index in [0.29, 0.717) is 0 Å². The van der Waals surface area contributed by atoms with Gasteiger partial charge >= 0.3 is 0 Å². The summed E-state index contributed by atoms with van der Waals surface area (Å²) in [5, 5.41) is 0.0840. The predicted molar refractivity (Wildman–Crippen MR) is 96.6 cm³/mol. The highest BCUT2D eigenvalue weighted by Crippen LogP contribution is 2.27. The molecular weight excluding hydrogens is 372 g/mol. The first-order chi connectivity index (χ1) is 11.0. The van der Waals surface area contributed by atoms with Gasteiger partial charge in [-0.1, -0.05) is 17.7 Å². The van der Waals surface area contributed by atoms with Gasteiger partial charge in [0.1, 0.15) is 0 Å². The Bertz CT molecular complexity index is 987. The van der Waals surface area contributed by atoms with Gasteiger partial charge in [-0.2, -0.15) is 0 Å². The molecule has 0 heterocycles. The highest BCUT2D eigenvalue weighted by Gasteiger charge is 2.16. The third-order valence-corrected chi connectivity index (χ3v) is 5.59.